The van der Waals surface area contributed by atoms with E-state index < -0.39 is 5.91 Å². The molecule has 7 heteroatoms. The highest BCUT2D eigenvalue weighted by atomic mass is 19.1. The van der Waals surface area contributed by atoms with E-state index in [4.69, 9.17) is 11.2 Å². The number of benzene rings is 2. The summed E-state index contributed by atoms with van der Waals surface area (Å²) in [6.07, 6.45) is 6.67. The molecule has 3 aromatic rings. The maximum Gasteiger partial charge on any atom is 0.302 e. The molecule has 0 saturated carbocycles. The van der Waals surface area contributed by atoms with Gasteiger partial charge >= 0.3 is 5.91 Å². The first-order valence-corrected chi connectivity index (χ1v) is 7.88. The quantitative estimate of drug-likeness (QED) is 0.722. The second-order valence-electron chi connectivity index (χ2n) is 5.62. The summed E-state index contributed by atoms with van der Waals surface area (Å²) < 4.78 is 19.3. The number of aromatic nitrogens is 2. The molecule has 0 unspecified atom stereocenters. The molecular formula is C19H13FN4O2. The first kappa shape index (κ1) is 15.8. The van der Waals surface area contributed by atoms with Gasteiger partial charge in [0.1, 0.15) is 24.6 Å². The van der Waals surface area contributed by atoms with Gasteiger partial charge in [-0.1, -0.05) is 6.07 Å². The van der Waals surface area contributed by atoms with Gasteiger partial charge in [-0.3, -0.25) is 9.69 Å². The molecule has 128 valence electrons. The molecule has 2 aromatic carbocycles. The summed E-state index contributed by atoms with van der Waals surface area (Å²) in [6.45, 7) is 0.662. The van der Waals surface area contributed by atoms with E-state index in [-0.39, 0.29) is 5.82 Å². The Labute approximate surface area is 148 Å². The molecule has 1 aliphatic heterocycles. The molecule has 26 heavy (non-hydrogen) atoms. The van der Waals surface area contributed by atoms with E-state index in [0.717, 1.165) is 0 Å². The average molecular weight is 348 g/mol. The highest BCUT2D eigenvalue weighted by Gasteiger charge is 2.26. The fraction of sp³-hybridized carbons (Fsp3) is 0.105. The number of terminal acetylenes is 1. The van der Waals surface area contributed by atoms with Gasteiger partial charge in [-0.15, -0.1) is 6.42 Å². The molecule has 0 aliphatic carbocycles. The van der Waals surface area contributed by atoms with Crippen LogP contribution in [0.5, 0.6) is 5.75 Å². The van der Waals surface area contributed by atoms with Crippen molar-refractivity contribution in [2.24, 2.45) is 0 Å². The third kappa shape index (κ3) is 2.67. The second-order valence-corrected chi connectivity index (χ2v) is 5.62. The minimum absolute atomic E-state index is 0.299. The minimum atomic E-state index is -0.439. The second kappa shape index (κ2) is 6.33. The maximum atomic E-state index is 13.5. The maximum absolute atomic E-state index is 13.5. The van der Waals surface area contributed by atoms with Crippen LogP contribution < -0.4 is 15.0 Å². The Morgan fingerprint density at radius 1 is 1.31 bits per heavy atom. The van der Waals surface area contributed by atoms with Crippen LogP contribution in [0.3, 0.4) is 0 Å². The molecule has 0 saturated heterocycles. The van der Waals surface area contributed by atoms with Crippen molar-refractivity contribution in [3.63, 3.8) is 0 Å². The van der Waals surface area contributed by atoms with Crippen LogP contribution in [0, 0.1) is 18.2 Å². The summed E-state index contributed by atoms with van der Waals surface area (Å²) in [5, 5.41) is 3.68. The fourth-order valence-electron chi connectivity index (χ4n) is 2.92. The molecule has 1 aliphatic rings. The number of hydrogen-bond acceptors (Lipinski definition) is 5. The first-order chi connectivity index (χ1) is 12.7. The zero-order valence-corrected chi connectivity index (χ0v) is 13.6. The van der Waals surface area contributed by atoms with Gasteiger partial charge < -0.3 is 10.1 Å². The Balaban J connectivity index is 1.87. The lowest BCUT2D eigenvalue weighted by Crippen LogP contribution is -2.37. The number of carbonyl (C=O) groups is 1. The Hall–Kier alpha value is -3.66. The number of amides is 1. The normalized spacial score (nSPS) is 12.8. The average Bonchev–Trinajstić information content (AvgIpc) is 2.66. The van der Waals surface area contributed by atoms with Crippen molar-refractivity contribution in [1.29, 1.82) is 0 Å². The van der Waals surface area contributed by atoms with Gasteiger partial charge in [0.15, 0.2) is 5.75 Å². The topological polar surface area (TPSA) is 67.4 Å². The Kier molecular flexibility index (Phi) is 3.86. The van der Waals surface area contributed by atoms with Gasteiger partial charge in [-0.2, -0.15) is 0 Å². The van der Waals surface area contributed by atoms with E-state index in [9.17, 15) is 9.18 Å². The molecule has 2 heterocycles. The highest BCUT2D eigenvalue weighted by molar-refractivity contribution is 6.10. The molecule has 0 bridgehead atoms. The smallest absolute Gasteiger partial charge is 0.302 e. The Morgan fingerprint density at radius 2 is 2.19 bits per heavy atom. The molecular weight excluding hydrogens is 335 g/mol. The van der Waals surface area contributed by atoms with E-state index in [0.29, 0.717) is 47.0 Å². The standard InChI is InChI=1S/C19H13FN4O2/c1-2-16(25)24-8-9-26-18-15(24)7-6-14-17(18)19(22-11-21-14)23-13-5-3-4-12(20)10-13/h1,3-7,10-11H,8-9H2,(H,21,22,23). The van der Waals surface area contributed by atoms with Crippen molar-refractivity contribution in [1.82, 2.24) is 9.97 Å². The van der Waals surface area contributed by atoms with E-state index in [2.05, 4.69) is 21.2 Å². The van der Waals surface area contributed by atoms with Crippen LogP contribution in [-0.2, 0) is 4.79 Å². The SMILES string of the molecule is C#CC(=O)N1CCOc2c1ccc1ncnc(Nc3cccc(F)c3)c21. The van der Waals surface area contributed by atoms with E-state index >= 15 is 0 Å². The zero-order valence-electron chi connectivity index (χ0n) is 13.6. The highest BCUT2D eigenvalue weighted by Crippen LogP contribution is 2.41. The number of hydrogen-bond donors (Lipinski definition) is 1. The Bertz CT molecular complexity index is 1060. The summed E-state index contributed by atoms with van der Waals surface area (Å²) in [7, 11) is 0. The largest absolute Gasteiger partial charge is 0.489 e. The van der Waals surface area contributed by atoms with E-state index in [1.807, 2.05) is 0 Å². The van der Waals surface area contributed by atoms with Crippen molar-refractivity contribution >= 4 is 34.0 Å². The van der Waals surface area contributed by atoms with Crippen LogP contribution in [0.15, 0.2) is 42.7 Å². The van der Waals surface area contributed by atoms with Crippen LogP contribution in [0.2, 0.25) is 0 Å². The lowest BCUT2D eigenvalue weighted by molar-refractivity contribution is -0.113. The van der Waals surface area contributed by atoms with E-state index in [1.165, 1.54) is 23.4 Å². The van der Waals surface area contributed by atoms with Gasteiger partial charge in [0, 0.05) is 5.69 Å². The van der Waals surface area contributed by atoms with Gasteiger partial charge in [0.2, 0.25) is 0 Å². The summed E-state index contributed by atoms with van der Waals surface area (Å²) in [6, 6.07) is 9.54. The number of halogens is 1. The van der Waals surface area contributed by atoms with Crippen molar-refractivity contribution in [3.05, 3.63) is 48.5 Å². The summed E-state index contributed by atoms with van der Waals surface area (Å²) in [5.74, 6) is 2.24. The molecule has 0 fully saturated rings. The van der Waals surface area contributed by atoms with Crippen LogP contribution in [-0.4, -0.2) is 29.0 Å². The zero-order chi connectivity index (χ0) is 18.1. The Morgan fingerprint density at radius 3 is 3.00 bits per heavy atom. The fourth-order valence-corrected chi connectivity index (χ4v) is 2.92. The molecule has 0 spiro atoms. The number of nitrogens with zero attached hydrogens (tertiary/aromatic N) is 3. The summed E-state index contributed by atoms with van der Waals surface area (Å²) in [5.41, 5.74) is 1.73. The molecule has 6 nitrogen and oxygen atoms in total. The molecule has 0 radical (unpaired) electrons. The number of nitrogens with one attached hydrogen (secondary N) is 1. The predicted molar refractivity (Wildman–Crippen MR) is 95.9 cm³/mol. The van der Waals surface area contributed by atoms with Gasteiger partial charge in [0.05, 0.1) is 23.1 Å². The lowest BCUT2D eigenvalue weighted by Gasteiger charge is -2.29. The van der Waals surface area contributed by atoms with Gasteiger partial charge in [-0.05, 0) is 36.3 Å². The third-order valence-corrected chi connectivity index (χ3v) is 4.04. The lowest BCUT2D eigenvalue weighted by atomic mass is 10.1. The molecule has 0 atom stereocenters. The first-order valence-electron chi connectivity index (χ1n) is 7.88. The molecule has 4 rings (SSSR count). The van der Waals surface area contributed by atoms with Crippen molar-refractivity contribution in [2.45, 2.75) is 0 Å². The monoisotopic (exact) mass is 348 g/mol. The summed E-state index contributed by atoms with van der Waals surface area (Å²) >= 11 is 0. The van der Waals surface area contributed by atoms with Crippen molar-refractivity contribution in [2.75, 3.05) is 23.4 Å². The van der Waals surface area contributed by atoms with Crippen LogP contribution in [0.4, 0.5) is 21.6 Å². The number of rotatable bonds is 2. The molecule has 1 amide bonds. The molecule has 1 N–H and O–H groups in total. The number of fused-ring (bicyclic) bond motifs is 3. The van der Waals surface area contributed by atoms with Crippen molar-refractivity contribution in [3.8, 4) is 18.1 Å². The van der Waals surface area contributed by atoms with Crippen LogP contribution in [0.25, 0.3) is 10.9 Å². The molecule has 1 aromatic heterocycles. The predicted octanol–water partition coefficient (Wildman–Crippen LogP) is 2.87. The van der Waals surface area contributed by atoms with Crippen LogP contribution >= 0.6 is 0 Å². The minimum Gasteiger partial charge on any atom is -0.489 e. The number of ether oxygens (including phenoxy) is 1. The third-order valence-electron chi connectivity index (χ3n) is 4.04. The van der Waals surface area contributed by atoms with Gasteiger partial charge in [-0.25, -0.2) is 14.4 Å². The van der Waals surface area contributed by atoms with Gasteiger partial charge in [0.25, 0.3) is 0 Å². The van der Waals surface area contributed by atoms with E-state index in [1.54, 1.807) is 24.3 Å². The summed E-state index contributed by atoms with van der Waals surface area (Å²) in [4.78, 5) is 22.0. The number of carbonyl (C=O) groups excluding carboxylic acids is 1. The van der Waals surface area contributed by atoms with Crippen LogP contribution in [0.1, 0.15) is 0 Å². The number of anilines is 3. The van der Waals surface area contributed by atoms with Crippen molar-refractivity contribution < 1.29 is 13.9 Å².